The monoisotopic (exact) mass is 556 g/mol. The molecule has 204 valence electrons. The van der Waals surface area contributed by atoms with E-state index >= 15 is 0 Å². The predicted octanol–water partition coefficient (Wildman–Crippen LogP) is 5.86. The fourth-order valence-corrected chi connectivity index (χ4v) is 8.38. The van der Waals surface area contributed by atoms with Crippen LogP contribution in [-0.2, 0) is 21.9 Å². The first-order chi connectivity index (χ1) is 18.3. The van der Waals surface area contributed by atoms with Gasteiger partial charge in [0, 0.05) is 29.1 Å². The Bertz CT molecular complexity index is 1330. The van der Waals surface area contributed by atoms with Crippen molar-refractivity contribution in [3.8, 4) is 5.75 Å². The van der Waals surface area contributed by atoms with E-state index in [2.05, 4.69) is 21.8 Å². The van der Waals surface area contributed by atoms with Crippen molar-refractivity contribution in [2.75, 3.05) is 30.3 Å². The molecule has 2 heterocycles. The molecule has 6 nitrogen and oxygen atoms in total. The summed E-state index contributed by atoms with van der Waals surface area (Å²) >= 11 is 6.38. The smallest absolute Gasteiger partial charge is 0.264 e. The Morgan fingerprint density at radius 3 is 2.66 bits per heavy atom. The molecule has 3 atom stereocenters. The van der Waals surface area contributed by atoms with Crippen molar-refractivity contribution in [2.24, 2.45) is 11.8 Å². The van der Waals surface area contributed by atoms with Gasteiger partial charge >= 0.3 is 0 Å². The van der Waals surface area contributed by atoms with Crippen LogP contribution in [0.15, 0.2) is 36.4 Å². The Balaban J connectivity index is 1.39. The van der Waals surface area contributed by atoms with Crippen LogP contribution in [0.5, 0.6) is 5.75 Å². The Hall–Kier alpha value is -2.25. The van der Waals surface area contributed by atoms with E-state index in [9.17, 15) is 13.2 Å². The summed E-state index contributed by atoms with van der Waals surface area (Å²) in [7, 11) is -3.67. The Morgan fingerprint density at radius 1 is 0.974 bits per heavy atom. The molecular formula is C30H37ClN2O4S. The number of hydrogen-bond acceptors (Lipinski definition) is 5. The van der Waals surface area contributed by atoms with Crippen LogP contribution in [0.4, 0.5) is 5.69 Å². The highest BCUT2D eigenvalue weighted by atomic mass is 35.5. The number of anilines is 1. The van der Waals surface area contributed by atoms with Crippen LogP contribution in [0.3, 0.4) is 0 Å². The number of nitrogens with one attached hydrogen (secondary N) is 1. The summed E-state index contributed by atoms with van der Waals surface area (Å²) in [5.74, 6) is 1.50. The maximum atomic E-state index is 13.1. The molecule has 4 aliphatic rings. The molecule has 0 aromatic heterocycles. The number of rotatable bonds is 0. The highest BCUT2D eigenvalue weighted by Crippen LogP contribution is 2.46. The third-order valence-electron chi connectivity index (χ3n) is 9.32. The van der Waals surface area contributed by atoms with Crippen LogP contribution in [-0.4, -0.2) is 39.8 Å². The quantitative estimate of drug-likeness (QED) is 0.439. The summed E-state index contributed by atoms with van der Waals surface area (Å²) in [5, 5.41) is 0.770. The number of aryl methyl sites for hydroxylation is 1. The summed E-state index contributed by atoms with van der Waals surface area (Å²) in [5.41, 5.74) is 3.71. The van der Waals surface area contributed by atoms with Gasteiger partial charge in [0.15, 0.2) is 0 Å². The number of benzene rings is 2. The average molecular weight is 557 g/mol. The number of ether oxygens (including phenoxy) is 1. The van der Waals surface area contributed by atoms with Crippen molar-refractivity contribution in [3.05, 3.63) is 58.1 Å². The molecule has 2 aliphatic heterocycles. The van der Waals surface area contributed by atoms with E-state index in [1.165, 1.54) is 30.4 Å². The number of nitrogens with zero attached hydrogens (tertiary/aromatic N) is 1. The molecule has 0 saturated heterocycles. The van der Waals surface area contributed by atoms with Crippen LogP contribution in [0, 0.1) is 11.8 Å². The minimum atomic E-state index is -3.67. The van der Waals surface area contributed by atoms with Crippen molar-refractivity contribution >= 4 is 33.2 Å². The fraction of sp³-hybridized carbons (Fsp3) is 0.567. The molecule has 1 amide bonds. The molecule has 1 fully saturated rings. The van der Waals surface area contributed by atoms with Gasteiger partial charge in [0.2, 0.25) is 10.0 Å². The molecule has 8 heteroatoms. The SMILES string of the molecule is O=C1NS(=O)(=O)CCCCCC[C@@H]2CC[C@H]2CN2C[C@@]3(CCCc4cc(Cl)ccc43)COc3ccc1cc32. The Labute approximate surface area is 231 Å². The molecule has 0 unspecified atom stereocenters. The molecule has 6 rings (SSSR count). The summed E-state index contributed by atoms with van der Waals surface area (Å²) < 4.78 is 34.0. The van der Waals surface area contributed by atoms with Crippen LogP contribution < -0.4 is 14.4 Å². The largest absolute Gasteiger partial charge is 0.490 e. The first-order valence-electron chi connectivity index (χ1n) is 14.2. The number of halogens is 1. The first-order valence-corrected chi connectivity index (χ1v) is 16.2. The molecule has 38 heavy (non-hydrogen) atoms. The lowest BCUT2D eigenvalue weighted by Gasteiger charge is -2.44. The highest BCUT2D eigenvalue weighted by Gasteiger charge is 2.43. The van der Waals surface area contributed by atoms with Gasteiger partial charge in [-0.3, -0.25) is 4.79 Å². The van der Waals surface area contributed by atoms with Crippen LogP contribution in [0.1, 0.15) is 79.3 Å². The summed E-state index contributed by atoms with van der Waals surface area (Å²) in [6, 6.07) is 11.6. The van der Waals surface area contributed by atoms with Gasteiger partial charge in [-0.15, -0.1) is 0 Å². The second-order valence-corrected chi connectivity index (χ2v) is 14.1. The fourth-order valence-electron chi connectivity index (χ4n) is 7.10. The van der Waals surface area contributed by atoms with Crippen LogP contribution >= 0.6 is 11.6 Å². The lowest BCUT2D eigenvalue weighted by atomic mass is 9.68. The van der Waals surface area contributed by atoms with Gasteiger partial charge in [-0.2, -0.15) is 0 Å². The summed E-state index contributed by atoms with van der Waals surface area (Å²) in [6.07, 6.45) is 10.5. The van der Waals surface area contributed by atoms with Crippen LogP contribution in [0.2, 0.25) is 5.02 Å². The molecule has 2 aromatic carbocycles. The molecule has 2 bridgehead atoms. The van der Waals surface area contributed by atoms with Gasteiger partial charge in [-0.25, -0.2) is 13.1 Å². The van der Waals surface area contributed by atoms with Gasteiger partial charge in [0.05, 0.1) is 18.0 Å². The number of carbonyl (C=O) groups is 1. The highest BCUT2D eigenvalue weighted by molar-refractivity contribution is 7.90. The van der Waals surface area contributed by atoms with Crippen molar-refractivity contribution in [1.82, 2.24) is 4.72 Å². The number of carbonyl (C=O) groups excluding carboxylic acids is 1. The minimum absolute atomic E-state index is 0.0169. The lowest BCUT2D eigenvalue weighted by Crippen LogP contribution is -2.48. The third kappa shape index (κ3) is 5.16. The average Bonchev–Trinajstić information content (AvgIpc) is 3.02. The van der Waals surface area contributed by atoms with Gasteiger partial charge in [-0.1, -0.05) is 43.4 Å². The van der Waals surface area contributed by atoms with Gasteiger partial charge in [0.1, 0.15) is 5.75 Å². The molecule has 2 aromatic rings. The molecular weight excluding hydrogens is 520 g/mol. The number of sulfonamides is 1. The van der Waals surface area contributed by atoms with E-state index in [0.717, 1.165) is 68.1 Å². The van der Waals surface area contributed by atoms with Crippen LogP contribution in [0.25, 0.3) is 0 Å². The van der Waals surface area contributed by atoms with Crippen molar-refractivity contribution < 1.29 is 17.9 Å². The zero-order valence-electron chi connectivity index (χ0n) is 21.9. The number of amides is 1. The molecule has 1 N–H and O–H groups in total. The van der Waals surface area contributed by atoms with Gasteiger partial charge in [0.25, 0.3) is 5.91 Å². The van der Waals surface area contributed by atoms with E-state index in [0.29, 0.717) is 30.4 Å². The standard InChI is InChI=1S/C30H37ClN2O4S/c31-25-11-12-26-22(16-25)7-5-14-30(26)19-33-18-24-9-8-21(24)6-3-1-2-4-15-38(35,36)32-29(34)23-10-13-28(37-20-30)27(33)17-23/h10-13,16-17,21,24H,1-9,14-15,18-20H2,(H,32,34)/t21-,24+,30+/m1/s1. The molecule has 0 radical (unpaired) electrons. The van der Waals surface area contributed by atoms with Gasteiger partial charge in [-0.05, 0) is 91.8 Å². The number of hydrogen-bond donors (Lipinski definition) is 1. The zero-order chi connectivity index (χ0) is 26.3. The minimum Gasteiger partial charge on any atom is -0.490 e. The second kappa shape index (κ2) is 10.4. The van der Waals surface area contributed by atoms with Crippen molar-refractivity contribution in [3.63, 3.8) is 0 Å². The topological polar surface area (TPSA) is 75.7 Å². The van der Waals surface area contributed by atoms with E-state index < -0.39 is 15.9 Å². The maximum Gasteiger partial charge on any atom is 0.264 e. The number of fused-ring (bicyclic) bond motifs is 4. The Morgan fingerprint density at radius 2 is 1.82 bits per heavy atom. The zero-order valence-corrected chi connectivity index (χ0v) is 23.5. The summed E-state index contributed by atoms with van der Waals surface area (Å²) in [6.45, 7) is 2.30. The van der Waals surface area contributed by atoms with Crippen molar-refractivity contribution in [1.29, 1.82) is 0 Å². The van der Waals surface area contributed by atoms with Crippen molar-refractivity contribution in [2.45, 2.75) is 69.6 Å². The third-order valence-corrected chi connectivity index (χ3v) is 10.9. The van der Waals surface area contributed by atoms with E-state index in [-0.39, 0.29) is 11.2 Å². The normalized spacial score (nSPS) is 29.2. The summed E-state index contributed by atoms with van der Waals surface area (Å²) in [4.78, 5) is 15.5. The lowest BCUT2D eigenvalue weighted by molar-refractivity contribution is 0.0981. The molecule has 1 spiro atoms. The maximum absolute atomic E-state index is 13.1. The van der Waals surface area contributed by atoms with Gasteiger partial charge < -0.3 is 9.64 Å². The van der Waals surface area contributed by atoms with E-state index in [1.54, 1.807) is 6.07 Å². The second-order valence-electron chi connectivity index (χ2n) is 11.8. The molecule has 2 aliphatic carbocycles. The first kappa shape index (κ1) is 26.0. The van der Waals surface area contributed by atoms with E-state index in [4.69, 9.17) is 16.3 Å². The Kier molecular flexibility index (Phi) is 7.10. The van der Waals surface area contributed by atoms with E-state index in [1.807, 2.05) is 18.2 Å². The molecule has 1 saturated carbocycles. The predicted molar refractivity (Wildman–Crippen MR) is 151 cm³/mol.